The number of benzene rings is 1. The van der Waals surface area contributed by atoms with Crippen LogP contribution in [0.15, 0.2) is 24.3 Å². The standard InChI is InChI=1S/C20H24FNO3/c21-16-3-1-12(2-4-16)8-17(18(23)24)22-19(25)20-9-13-5-14(10-20)7-15(6-13)11-20/h1-4,13-15,17H,5-11H2,(H,22,25)(H,23,24)/t13?,14?,15?,17-,20?/m1/s1. The van der Waals surface area contributed by atoms with E-state index in [2.05, 4.69) is 5.32 Å². The largest absolute Gasteiger partial charge is 0.480 e. The molecule has 0 aromatic heterocycles. The number of aliphatic carboxylic acids is 1. The summed E-state index contributed by atoms with van der Waals surface area (Å²) < 4.78 is 13.0. The van der Waals surface area contributed by atoms with Crippen LogP contribution in [0.2, 0.25) is 0 Å². The lowest BCUT2D eigenvalue weighted by Gasteiger charge is -2.55. The molecule has 4 saturated carbocycles. The Bertz CT molecular complexity index is 649. The van der Waals surface area contributed by atoms with E-state index < -0.39 is 12.0 Å². The van der Waals surface area contributed by atoms with Crippen molar-refractivity contribution < 1.29 is 19.1 Å². The topological polar surface area (TPSA) is 66.4 Å². The van der Waals surface area contributed by atoms with Crippen LogP contribution in [0.5, 0.6) is 0 Å². The van der Waals surface area contributed by atoms with Gasteiger partial charge in [-0.15, -0.1) is 0 Å². The number of amides is 1. The fraction of sp³-hybridized carbons (Fsp3) is 0.600. The molecule has 5 heteroatoms. The molecule has 0 saturated heterocycles. The number of halogens is 1. The van der Waals surface area contributed by atoms with Crippen LogP contribution in [-0.4, -0.2) is 23.0 Å². The summed E-state index contributed by atoms with van der Waals surface area (Å²) in [5, 5.41) is 12.3. The highest BCUT2D eigenvalue weighted by Crippen LogP contribution is 2.60. The first-order valence-corrected chi connectivity index (χ1v) is 9.22. The first kappa shape index (κ1) is 16.6. The van der Waals surface area contributed by atoms with Gasteiger partial charge in [-0.25, -0.2) is 9.18 Å². The van der Waals surface area contributed by atoms with E-state index in [1.165, 1.54) is 31.4 Å². The molecule has 0 aliphatic heterocycles. The smallest absolute Gasteiger partial charge is 0.326 e. The SMILES string of the molecule is O=C(O)[C@@H](Cc1ccc(F)cc1)NC(=O)C12CC3CC(CC(C3)C1)C2. The number of nitrogens with one attached hydrogen (secondary N) is 1. The van der Waals surface area contributed by atoms with Gasteiger partial charge < -0.3 is 10.4 Å². The van der Waals surface area contributed by atoms with Crippen molar-refractivity contribution in [2.45, 2.75) is 51.0 Å². The lowest BCUT2D eigenvalue weighted by atomic mass is 9.49. The third-order valence-electron chi connectivity index (χ3n) is 6.48. The van der Waals surface area contributed by atoms with E-state index in [4.69, 9.17) is 0 Å². The Kier molecular flexibility index (Phi) is 4.05. The zero-order valence-corrected chi connectivity index (χ0v) is 14.2. The predicted molar refractivity (Wildman–Crippen MR) is 90.3 cm³/mol. The molecule has 4 bridgehead atoms. The number of carboxylic acids is 1. The molecule has 4 aliphatic carbocycles. The molecule has 0 spiro atoms. The van der Waals surface area contributed by atoms with E-state index in [1.54, 1.807) is 12.1 Å². The van der Waals surface area contributed by atoms with Crippen LogP contribution < -0.4 is 5.32 Å². The fourth-order valence-corrected chi connectivity index (χ4v) is 5.76. The summed E-state index contributed by atoms with van der Waals surface area (Å²) in [6, 6.07) is 4.81. The van der Waals surface area contributed by atoms with Crippen LogP contribution in [0.1, 0.15) is 44.1 Å². The molecule has 1 aromatic carbocycles. The van der Waals surface area contributed by atoms with E-state index >= 15 is 0 Å². The molecule has 4 aliphatic rings. The van der Waals surface area contributed by atoms with Crippen molar-refractivity contribution in [3.8, 4) is 0 Å². The Hall–Kier alpha value is -1.91. The number of carboxylic acid groups (broad SMARTS) is 1. The molecule has 4 nitrogen and oxygen atoms in total. The third-order valence-corrected chi connectivity index (χ3v) is 6.48. The van der Waals surface area contributed by atoms with Gasteiger partial charge >= 0.3 is 5.97 Å². The third kappa shape index (κ3) is 3.16. The predicted octanol–water partition coefficient (Wildman–Crippen LogP) is 3.15. The number of carbonyl (C=O) groups is 2. The Labute approximate surface area is 146 Å². The molecule has 0 heterocycles. The van der Waals surface area contributed by atoms with Crippen molar-refractivity contribution in [2.24, 2.45) is 23.2 Å². The lowest BCUT2D eigenvalue weighted by molar-refractivity contribution is -0.151. The van der Waals surface area contributed by atoms with Gasteiger partial charge in [0.1, 0.15) is 11.9 Å². The Morgan fingerprint density at radius 1 is 1.08 bits per heavy atom. The first-order chi connectivity index (χ1) is 11.9. The second kappa shape index (κ2) is 6.11. The first-order valence-electron chi connectivity index (χ1n) is 9.22. The number of hydrogen-bond donors (Lipinski definition) is 2. The van der Waals surface area contributed by atoms with Crippen LogP contribution >= 0.6 is 0 Å². The molecule has 0 radical (unpaired) electrons. The van der Waals surface area contributed by atoms with E-state index in [9.17, 15) is 19.1 Å². The summed E-state index contributed by atoms with van der Waals surface area (Å²) >= 11 is 0. The summed E-state index contributed by atoms with van der Waals surface area (Å²) in [6.45, 7) is 0. The zero-order chi connectivity index (χ0) is 17.6. The average molecular weight is 345 g/mol. The van der Waals surface area contributed by atoms with E-state index in [1.807, 2.05) is 0 Å². The molecular formula is C20H24FNO3. The second-order valence-electron chi connectivity index (χ2n) is 8.39. The van der Waals surface area contributed by atoms with Crippen LogP contribution in [0, 0.1) is 29.0 Å². The van der Waals surface area contributed by atoms with Crippen molar-refractivity contribution in [3.63, 3.8) is 0 Å². The Balaban J connectivity index is 1.47. The number of carbonyl (C=O) groups excluding carboxylic acids is 1. The average Bonchev–Trinajstić information content (AvgIpc) is 2.54. The van der Waals surface area contributed by atoms with Gasteiger partial charge in [0.05, 0.1) is 0 Å². The van der Waals surface area contributed by atoms with Crippen molar-refractivity contribution in [1.82, 2.24) is 5.32 Å². The normalized spacial score (nSPS) is 33.9. The minimum absolute atomic E-state index is 0.0823. The van der Waals surface area contributed by atoms with Gasteiger partial charge in [-0.1, -0.05) is 12.1 Å². The summed E-state index contributed by atoms with van der Waals surface area (Å²) in [6.07, 6.45) is 6.63. The van der Waals surface area contributed by atoms with Crippen LogP contribution in [0.4, 0.5) is 4.39 Å². The molecule has 1 aromatic rings. The quantitative estimate of drug-likeness (QED) is 0.861. The van der Waals surface area contributed by atoms with Crippen LogP contribution in [-0.2, 0) is 16.0 Å². The summed E-state index contributed by atoms with van der Waals surface area (Å²) in [5.74, 6) is 0.434. The van der Waals surface area contributed by atoms with Gasteiger partial charge in [-0.05, 0) is 74.0 Å². The minimum atomic E-state index is -1.04. The van der Waals surface area contributed by atoms with Gasteiger partial charge in [-0.3, -0.25) is 4.79 Å². The molecule has 2 N–H and O–H groups in total. The lowest BCUT2D eigenvalue weighted by Crippen LogP contribution is -2.56. The van der Waals surface area contributed by atoms with Crippen molar-refractivity contribution in [3.05, 3.63) is 35.6 Å². The molecule has 1 amide bonds. The molecule has 0 unspecified atom stereocenters. The van der Waals surface area contributed by atoms with Crippen LogP contribution in [0.3, 0.4) is 0 Å². The highest BCUT2D eigenvalue weighted by Gasteiger charge is 2.54. The van der Waals surface area contributed by atoms with Gasteiger partial charge in [0.25, 0.3) is 0 Å². The van der Waals surface area contributed by atoms with Crippen molar-refractivity contribution >= 4 is 11.9 Å². The van der Waals surface area contributed by atoms with Gasteiger partial charge in [0, 0.05) is 11.8 Å². The summed E-state index contributed by atoms with van der Waals surface area (Å²) in [5.41, 5.74) is 0.352. The Morgan fingerprint density at radius 3 is 2.08 bits per heavy atom. The summed E-state index contributed by atoms with van der Waals surface area (Å²) in [7, 11) is 0. The van der Waals surface area contributed by atoms with E-state index in [0.717, 1.165) is 19.3 Å². The number of rotatable bonds is 5. The van der Waals surface area contributed by atoms with Crippen molar-refractivity contribution in [2.75, 3.05) is 0 Å². The Morgan fingerprint density at radius 2 is 1.60 bits per heavy atom. The molecule has 134 valence electrons. The van der Waals surface area contributed by atoms with Crippen molar-refractivity contribution in [1.29, 1.82) is 0 Å². The monoisotopic (exact) mass is 345 g/mol. The highest BCUT2D eigenvalue weighted by molar-refractivity contribution is 5.88. The summed E-state index contributed by atoms with van der Waals surface area (Å²) in [4.78, 5) is 24.7. The second-order valence-corrected chi connectivity index (χ2v) is 8.39. The maximum atomic E-state index is 13.0. The maximum Gasteiger partial charge on any atom is 0.326 e. The minimum Gasteiger partial charge on any atom is -0.480 e. The fourth-order valence-electron chi connectivity index (χ4n) is 5.76. The molecule has 25 heavy (non-hydrogen) atoms. The van der Waals surface area contributed by atoms with E-state index in [-0.39, 0.29) is 23.6 Å². The van der Waals surface area contributed by atoms with Gasteiger partial charge in [0.15, 0.2) is 0 Å². The number of hydrogen-bond acceptors (Lipinski definition) is 2. The molecular weight excluding hydrogens is 321 g/mol. The van der Waals surface area contributed by atoms with Gasteiger partial charge in [-0.2, -0.15) is 0 Å². The van der Waals surface area contributed by atoms with Crippen LogP contribution in [0.25, 0.3) is 0 Å². The maximum absolute atomic E-state index is 13.0. The molecule has 1 atom stereocenters. The molecule has 4 fully saturated rings. The zero-order valence-electron chi connectivity index (χ0n) is 14.2. The highest BCUT2D eigenvalue weighted by atomic mass is 19.1. The van der Waals surface area contributed by atoms with E-state index in [0.29, 0.717) is 23.3 Å². The molecule has 5 rings (SSSR count). The van der Waals surface area contributed by atoms with Gasteiger partial charge in [0.2, 0.25) is 5.91 Å².